The fraction of sp³-hybridized carbons (Fsp3) is 0.160. The maximum absolute atomic E-state index is 12.5. The first-order valence-electron chi connectivity index (χ1n) is 10.3. The number of carboxylic acids is 1. The Kier molecular flexibility index (Phi) is 6.46. The van der Waals surface area contributed by atoms with E-state index in [-0.39, 0.29) is 18.1 Å². The van der Waals surface area contributed by atoms with Crippen LogP contribution in [0.15, 0.2) is 71.2 Å². The molecule has 7 nitrogen and oxygen atoms in total. The van der Waals surface area contributed by atoms with Gasteiger partial charge < -0.3 is 20.5 Å². The standard InChI is InChI=1S/C25H21BrN2O5/c1-14(23(29)28-17-11-15(24(30)31)10-16(26)12-17)27-25(32)33-13-22-20-8-4-2-6-18(20)19-7-3-5-9-21(19)22/h2-12,14,22H,13H2,1H3,(H,27,32)(H,28,29)(H,30,31)/t14-/m0/s1. The van der Waals surface area contributed by atoms with E-state index in [0.29, 0.717) is 10.2 Å². The number of fused-ring (bicyclic) bond motifs is 3. The van der Waals surface area contributed by atoms with Crippen LogP contribution in [0.25, 0.3) is 11.1 Å². The molecule has 33 heavy (non-hydrogen) atoms. The van der Waals surface area contributed by atoms with Gasteiger partial charge in [-0.15, -0.1) is 0 Å². The molecule has 1 aliphatic carbocycles. The predicted octanol–water partition coefficient (Wildman–Crippen LogP) is 5.01. The van der Waals surface area contributed by atoms with E-state index in [0.717, 1.165) is 22.3 Å². The largest absolute Gasteiger partial charge is 0.478 e. The molecule has 0 unspecified atom stereocenters. The Morgan fingerprint density at radius 3 is 2.21 bits per heavy atom. The molecule has 168 valence electrons. The summed E-state index contributed by atoms with van der Waals surface area (Å²) >= 11 is 3.22. The number of hydrogen-bond acceptors (Lipinski definition) is 4. The zero-order valence-corrected chi connectivity index (χ0v) is 19.3. The molecular formula is C25H21BrN2O5. The molecule has 1 aliphatic rings. The SMILES string of the molecule is C[C@H](NC(=O)OCC1c2ccccc2-c2ccccc21)C(=O)Nc1cc(Br)cc(C(=O)O)c1. The highest BCUT2D eigenvalue weighted by molar-refractivity contribution is 9.10. The number of ether oxygens (including phenoxy) is 1. The van der Waals surface area contributed by atoms with Crippen LogP contribution in [0.5, 0.6) is 0 Å². The van der Waals surface area contributed by atoms with E-state index in [1.165, 1.54) is 19.1 Å². The van der Waals surface area contributed by atoms with Gasteiger partial charge in [-0.25, -0.2) is 9.59 Å². The maximum Gasteiger partial charge on any atom is 0.407 e. The molecule has 0 saturated heterocycles. The maximum atomic E-state index is 12.5. The fourth-order valence-electron chi connectivity index (χ4n) is 3.92. The highest BCUT2D eigenvalue weighted by Gasteiger charge is 2.29. The van der Waals surface area contributed by atoms with Crippen LogP contribution in [0.4, 0.5) is 10.5 Å². The van der Waals surface area contributed by atoms with Crippen molar-refractivity contribution in [3.63, 3.8) is 0 Å². The minimum absolute atomic E-state index is 0.0248. The van der Waals surface area contributed by atoms with Crippen LogP contribution < -0.4 is 10.6 Å². The first-order chi connectivity index (χ1) is 15.8. The lowest BCUT2D eigenvalue weighted by molar-refractivity contribution is -0.117. The van der Waals surface area contributed by atoms with E-state index in [9.17, 15) is 14.4 Å². The Morgan fingerprint density at radius 2 is 1.61 bits per heavy atom. The van der Waals surface area contributed by atoms with Gasteiger partial charge in [0, 0.05) is 16.1 Å². The molecule has 1 atom stereocenters. The number of amides is 2. The van der Waals surface area contributed by atoms with Crippen molar-refractivity contribution in [2.24, 2.45) is 0 Å². The average molecular weight is 509 g/mol. The lowest BCUT2D eigenvalue weighted by Crippen LogP contribution is -2.42. The van der Waals surface area contributed by atoms with Gasteiger partial charge in [0.2, 0.25) is 5.91 Å². The van der Waals surface area contributed by atoms with Gasteiger partial charge in [0.15, 0.2) is 0 Å². The second-order valence-corrected chi connectivity index (χ2v) is 8.63. The summed E-state index contributed by atoms with van der Waals surface area (Å²) in [6.07, 6.45) is -0.708. The third kappa shape index (κ3) is 4.90. The van der Waals surface area contributed by atoms with E-state index in [1.807, 2.05) is 36.4 Å². The average Bonchev–Trinajstić information content (AvgIpc) is 3.11. The first-order valence-corrected chi connectivity index (χ1v) is 11.1. The molecule has 3 N–H and O–H groups in total. The Morgan fingerprint density at radius 1 is 1.00 bits per heavy atom. The minimum Gasteiger partial charge on any atom is -0.478 e. The summed E-state index contributed by atoms with van der Waals surface area (Å²) in [6.45, 7) is 1.66. The Labute approximate surface area is 198 Å². The van der Waals surface area contributed by atoms with Gasteiger partial charge in [-0.3, -0.25) is 4.79 Å². The second kappa shape index (κ2) is 9.46. The van der Waals surface area contributed by atoms with Crippen molar-refractivity contribution in [1.29, 1.82) is 0 Å². The fourth-order valence-corrected chi connectivity index (χ4v) is 4.41. The van der Waals surface area contributed by atoms with Gasteiger partial charge in [-0.05, 0) is 47.4 Å². The highest BCUT2D eigenvalue weighted by atomic mass is 79.9. The van der Waals surface area contributed by atoms with Gasteiger partial charge in [0.1, 0.15) is 12.6 Å². The van der Waals surface area contributed by atoms with Crippen LogP contribution in [0.2, 0.25) is 0 Å². The van der Waals surface area contributed by atoms with Crippen molar-refractivity contribution in [3.05, 3.63) is 87.9 Å². The van der Waals surface area contributed by atoms with Crippen molar-refractivity contribution in [2.45, 2.75) is 18.9 Å². The number of carbonyl (C=O) groups is 3. The monoisotopic (exact) mass is 508 g/mol. The molecule has 0 spiro atoms. The van der Waals surface area contributed by atoms with Crippen LogP contribution in [0.3, 0.4) is 0 Å². The minimum atomic E-state index is -1.11. The molecule has 8 heteroatoms. The molecule has 2 amide bonds. The number of anilines is 1. The van der Waals surface area contributed by atoms with Gasteiger partial charge in [0.05, 0.1) is 5.56 Å². The van der Waals surface area contributed by atoms with E-state index in [2.05, 4.69) is 38.7 Å². The third-order valence-electron chi connectivity index (χ3n) is 5.48. The van der Waals surface area contributed by atoms with Gasteiger partial charge >= 0.3 is 12.1 Å². The Balaban J connectivity index is 1.37. The van der Waals surface area contributed by atoms with Crippen LogP contribution >= 0.6 is 15.9 Å². The van der Waals surface area contributed by atoms with Crippen LogP contribution in [-0.2, 0) is 9.53 Å². The van der Waals surface area contributed by atoms with E-state index >= 15 is 0 Å². The van der Waals surface area contributed by atoms with E-state index in [1.54, 1.807) is 6.07 Å². The zero-order chi connectivity index (χ0) is 23.5. The first kappa shape index (κ1) is 22.5. The molecular weight excluding hydrogens is 488 g/mol. The van der Waals surface area contributed by atoms with Gasteiger partial charge in [0.25, 0.3) is 0 Å². The van der Waals surface area contributed by atoms with Crippen molar-refractivity contribution in [1.82, 2.24) is 5.32 Å². The summed E-state index contributed by atoms with van der Waals surface area (Å²) in [7, 11) is 0. The topological polar surface area (TPSA) is 105 Å². The van der Waals surface area contributed by atoms with E-state index in [4.69, 9.17) is 9.84 Å². The summed E-state index contributed by atoms with van der Waals surface area (Å²) in [5.74, 6) is -1.70. The van der Waals surface area contributed by atoms with Crippen LogP contribution in [-0.4, -0.2) is 35.7 Å². The number of aromatic carboxylic acids is 1. The molecule has 0 fully saturated rings. The Hall–Kier alpha value is -3.65. The number of carboxylic acid groups (broad SMARTS) is 1. The predicted molar refractivity (Wildman–Crippen MR) is 127 cm³/mol. The molecule has 0 radical (unpaired) electrons. The zero-order valence-electron chi connectivity index (χ0n) is 17.7. The van der Waals surface area contributed by atoms with Gasteiger partial charge in [-0.2, -0.15) is 0 Å². The molecule has 0 aliphatic heterocycles. The van der Waals surface area contributed by atoms with Crippen molar-refractivity contribution in [2.75, 3.05) is 11.9 Å². The quantitative estimate of drug-likeness (QED) is 0.433. The van der Waals surface area contributed by atoms with Crippen LogP contribution in [0, 0.1) is 0 Å². The number of halogens is 1. The number of nitrogens with one attached hydrogen (secondary N) is 2. The molecule has 0 aromatic heterocycles. The molecule has 4 rings (SSSR count). The molecule has 0 bridgehead atoms. The number of carbonyl (C=O) groups excluding carboxylic acids is 2. The third-order valence-corrected chi connectivity index (χ3v) is 5.94. The highest BCUT2D eigenvalue weighted by Crippen LogP contribution is 2.44. The van der Waals surface area contributed by atoms with Crippen LogP contribution in [0.1, 0.15) is 34.3 Å². The normalized spacial score (nSPS) is 12.9. The number of alkyl carbamates (subject to hydrolysis) is 1. The Bertz CT molecular complexity index is 1200. The molecule has 3 aromatic carbocycles. The van der Waals surface area contributed by atoms with E-state index < -0.39 is 24.0 Å². The van der Waals surface area contributed by atoms with Crippen molar-refractivity contribution in [3.8, 4) is 11.1 Å². The number of rotatable bonds is 6. The molecule has 0 heterocycles. The summed E-state index contributed by atoms with van der Waals surface area (Å²) in [5, 5.41) is 14.3. The summed E-state index contributed by atoms with van der Waals surface area (Å²) < 4.78 is 5.97. The van der Waals surface area contributed by atoms with Crippen molar-refractivity contribution < 1.29 is 24.2 Å². The summed E-state index contributed by atoms with van der Waals surface area (Å²) in [4.78, 5) is 36.1. The second-order valence-electron chi connectivity index (χ2n) is 7.71. The molecule has 0 saturated carbocycles. The molecule has 3 aromatic rings. The summed E-state index contributed by atoms with van der Waals surface area (Å²) in [6, 6.07) is 19.5. The van der Waals surface area contributed by atoms with Crippen molar-refractivity contribution >= 4 is 39.6 Å². The van der Waals surface area contributed by atoms with Gasteiger partial charge in [-0.1, -0.05) is 64.5 Å². The smallest absolute Gasteiger partial charge is 0.407 e. The summed E-state index contributed by atoms with van der Waals surface area (Å²) in [5.41, 5.74) is 4.78. The lowest BCUT2D eigenvalue weighted by atomic mass is 9.98. The number of benzene rings is 3. The number of hydrogen-bond donors (Lipinski definition) is 3. The lowest BCUT2D eigenvalue weighted by Gasteiger charge is -2.17.